The van der Waals surface area contributed by atoms with Crippen LogP contribution in [-0.4, -0.2) is 56.1 Å². The minimum atomic E-state index is -4.64. The molecular formula is C11H18F3N3O2. The normalized spacial score (nSPS) is 24.9. The van der Waals surface area contributed by atoms with Gasteiger partial charge in [0.15, 0.2) is 5.41 Å². The maximum Gasteiger partial charge on any atom is 0.404 e. The van der Waals surface area contributed by atoms with Gasteiger partial charge in [0.25, 0.3) is 0 Å². The first-order valence-corrected chi connectivity index (χ1v) is 5.91. The Morgan fingerprint density at radius 1 is 1.37 bits per heavy atom. The summed E-state index contributed by atoms with van der Waals surface area (Å²) in [6, 6.07) is -0.984. The number of carbonyl (C=O) groups is 2. The van der Waals surface area contributed by atoms with E-state index in [1.54, 1.807) is 0 Å². The third-order valence-electron chi connectivity index (χ3n) is 3.29. The molecule has 2 atom stereocenters. The Labute approximate surface area is 109 Å². The van der Waals surface area contributed by atoms with Crippen LogP contribution in [0.5, 0.6) is 0 Å². The van der Waals surface area contributed by atoms with Crippen LogP contribution >= 0.6 is 0 Å². The number of halogens is 3. The third-order valence-corrected chi connectivity index (χ3v) is 3.29. The van der Waals surface area contributed by atoms with Gasteiger partial charge in [0.1, 0.15) is 6.04 Å². The Morgan fingerprint density at radius 2 is 1.95 bits per heavy atom. The van der Waals surface area contributed by atoms with Gasteiger partial charge in [0.05, 0.1) is 0 Å². The van der Waals surface area contributed by atoms with E-state index >= 15 is 0 Å². The molecule has 0 bridgehead atoms. The molecule has 0 saturated carbocycles. The predicted octanol–water partition coefficient (Wildman–Crippen LogP) is 0.121. The lowest BCUT2D eigenvalue weighted by Crippen LogP contribution is -2.56. The summed E-state index contributed by atoms with van der Waals surface area (Å²) in [4.78, 5) is 24.7. The number of carbonyl (C=O) groups excluding carboxylic acids is 2. The zero-order valence-electron chi connectivity index (χ0n) is 11.1. The van der Waals surface area contributed by atoms with Gasteiger partial charge >= 0.3 is 6.18 Å². The van der Waals surface area contributed by atoms with Gasteiger partial charge in [-0.2, -0.15) is 13.2 Å². The van der Waals surface area contributed by atoms with Crippen LogP contribution < -0.4 is 10.6 Å². The number of amides is 2. The highest BCUT2D eigenvalue weighted by molar-refractivity contribution is 5.90. The van der Waals surface area contributed by atoms with Gasteiger partial charge in [-0.25, -0.2) is 0 Å². The summed E-state index contributed by atoms with van der Waals surface area (Å²) in [6.45, 7) is 1.04. The van der Waals surface area contributed by atoms with Crippen LogP contribution in [0.15, 0.2) is 0 Å². The fraction of sp³-hybridized carbons (Fsp3) is 0.818. The van der Waals surface area contributed by atoms with Crippen molar-refractivity contribution in [2.75, 3.05) is 27.2 Å². The molecule has 0 aliphatic carbocycles. The molecule has 1 heterocycles. The van der Waals surface area contributed by atoms with Crippen LogP contribution in [0.1, 0.15) is 13.3 Å². The minimum Gasteiger partial charge on any atom is -0.347 e. The molecule has 0 aromatic carbocycles. The van der Waals surface area contributed by atoms with Crippen molar-refractivity contribution in [2.45, 2.75) is 25.6 Å². The van der Waals surface area contributed by atoms with Crippen LogP contribution in [0.4, 0.5) is 13.2 Å². The number of hydrogen-bond donors (Lipinski definition) is 2. The molecule has 0 aromatic heterocycles. The lowest BCUT2D eigenvalue weighted by atomic mass is 9.85. The molecule has 1 rings (SSSR count). The number of likely N-dealkylation sites (N-methyl/N-ethyl adjacent to an activating group) is 1. The molecule has 0 radical (unpaired) electrons. The summed E-state index contributed by atoms with van der Waals surface area (Å²) < 4.78 is 39.2. The lowest BCUT2D eigenvalue weighted by Gasteiger charge is -2.31. The van der Waals surface area contributed by atoms with Crippen LogP contribution in [0.3, 0.4) is 0 Å². The lowest BCUT2D eigenvalue weighted by molar-refractivity contribution is -0.216. The minimum absolute atomic E-state index is 0.128. The quantitative estimate of drug-likeness (QED) is 0.772. The van der Waals surface area contributed by atoms with Crippen molar-refractivity contribution in [3.8, 4) is 0 Å². The van der Waals surface area contributed by atoms with Gasteiger partial charge in [-0.05, 0) is 19.9 Å². The average Bonchev–Trinajstić information content (AvgIpc) is 2.77. The highest BCUT2D eigenvalue weighted by Crippen LogP contribution is 2.43. The van der Waals surface area contributed by atoms with E-state index in [2.05, 4.69) is 10.6 Å². The van der Waals surface area contributed by atoms with Crippen molar-refractivity contribution in [1.82, 2.24) is 15.5 Å². The van der Waals surface area contributed by atoms with E-state index in [-0.39, 0.29) is 13.0 Å². The van der Waals surface area contributed by atoms with Gasteiger partial charge in [0, 0.05) is 20.6 Å². The van der Waals surface area contributed by atoms with E-state index in [1.807, 2.05) is 0 Å². The number of nitrogens with zero attached hydrogens (tertiary/aromatic N) is 1. The van der Waals surface area contributed by atoms with Crippen LogP contribution in [0, 0.1) is 5.41 Å². The number of hydrogen-bond acceptors (Lipinski definition) is 3. The number of alkyl halides is 3. The van der Waals surface area contributed by atoms with E-state index in [0.29, 0.717) is 0 Å². The monoisotopic (exact) mass is 281 g/mol. The fourth-order valence-electron chi connectivity index (χ4n) is 2.04. The zero-order valence-corrected chi connectivity index (χ0v) is 11.1. The van der Waals surface area contributed by atoms with Crippen molar-refractivity contribution in [3.05, 3.63) is 0 Å². The van der Waals surface area contributed by atoms with Crippen molar-refractivity contribution < 1.29 is 22.8 Å². The molecule has 0 aromatic rings. The molecule has 2 N–H and O–H groups in total. The summed E-state index contributed by atoms with van der Waals surface area (Å²) in [5.41, 5.74) is -2.44. The molecule has 2 unspecified atom stereocenters. The average molecular weight is 281 g/mol. The SMILES string of the molecule is CC(NC(=O)C1(C(F)(F)F)CCNC1)C(=O)N(C)C. The van der Waals surface area contributed by atoms with Crippen molar-refractivity contribution in [3.63, 3.8) is 0 Å². The Kier molecular flexibility index (Phi) is 4.44. The first-order valence-electron chi connectivity index (χ1n) is 5.91. The number of nitrogens with one attached hydrogen (secondary N) is 2. The molecule has 1 saturated heterocycles. The number of rotatable bonds is 3. The summed E-state index contributed by atoms with van der Waals surface area (Å²) in [5.74, 6) is -1.59. The maximum absolute atomic E-state index is 13.1. The van der Waals surface area contributed by atoms with Gasteiger partial charge in [-0.1, -0.05) is 0 Å². The van der Waals surface area contributed by atoms with E-state index in [4.69, 9.17) is 0 Å². The smallest absolute Gasteiger partial charge is 0.347 e. The van der Waals surface area contributed by atoms with E-state index in [1.165, 1.54) is 25.9 Å². The second kappa shape index (κ2) is 5.36. The van der Waals surface area contributed by atoms with E-state index < -0.39 is 36.0 Å². The molecule has 5 nitrogen and oxygen atoms in total. The largest absolute Gasteiger partial charge is 0.404 e. The summed E-state index contributed by atoms with van der Waals surface area (Å²) in [7, 11) is 2.95. The van der Waals surface area contributed by atoms with Crippen molar-refractivity contribution >= 4 is 11.8 Å². The second-order valence-electron chi connectivity index (χ2n) is 4.93. The molecule has 1 aliphatic heterocycles. The molecule has 8 heteroatoms. The summed E-state index contributed by atoms with van der Waals surface area (Å²) in [6.07, 6.45) is -4.95. The Morgan fingerprint density at radius 3 is 2.32 bits per heavy atom. The summed E-state index contributed by atoms with van der Waals surface area (Å²) >= 11 is 0. The molecule has 1 fully saturated rings. The highest BCUT2D eigenvalue weighted by Gasteiger charge is 2.61. The van der Waals surface area contributed by atoms with Crippen LogP contribution in [0.25, 0.3) is 0 Å². The Bertz CT molecular complexity index is 363. The fourth-order valence-corrected chi connectivity index (χ4v) is 2.04. The van der Waals surface area contributed by atoms with E-state index in [0.717, 1.165) is 0 Å². The first kappa shape index (κ1) is 15.7. The Balaban J connectivity index is 2.83. The first-order chi connectivity index (χ1) is 8.62. The van der Waals surface area contributed by atoms with Crippen LogP contribution in [-0.2, 0) is 9.59 Å². The van der Waals surface area contributed by atoms with Crippen molar-refractivity contribution in [1.29, 1.82) is 0 Å². The molecule has 19 heavy (non-hydrogen) atoms. The molecule has 0 spiro atoms. The Hall–Kier alpha value is -1.31. The highest BCUT2D eigenvalue weighted by atomic mass is 19.4. The van der Waals surface area contributed by atoms with Gasteiger partial charge < -0.3 is 15.5 Å². The zero-order chi connectivity index (χ0) is 14.8. The second-order valence-corrected chi connectivity index (χ2v) is 4.93. The molecule has 1 aliphatic rings. The topological polar surface area (TPSA) is 61.4 Å². The van der Waals surface area contributed by atoms with E-state index in [9.17, 15) is 22.8 Å². The standard InChI is InChI=1S/C11H18F3N3O2/c1-7(8(18)17(2)3)16-9(19)10(11(12,13)14)4-5-15-6-10/h7,15H,4-6H2,1-3H3,(H,16,19). The van der Waals surface area contributed by atoms with Crippen molar-refractivity contribution in [2.24, 2.45) is 5.41 Å². The van der Waals surface area contributed by atoms with Crippen LogP contribution in [0.2, 0.25) is 0 Å². The predicted molar refractivity (Wildman–Crippen MR) is 62.3 cm³/mol. The van der Waals surface area contributed by atoms with Gasteiger partial charge in [-0.3, -0.25) is 9.59 Å². The summed E-state index contributed by atoms with van der Waals surface area (Å²) in [5, 5.41) is 4.71. The third kappa shape index (κ3) is 2.99. The van der Waals surface area contributed by atoms with Gasteiger partial charge in [-0.15, -0.1) is 0 Å². The molecular weight excluding hydrogens is 263 g/mol. The molecule has 110 valence electrons. The van der Waals surface area contributed by atoms with Gasteiger partial charge in [0.2, 0.25) is 11.8 Å². The maximum atomic E-state index is 13.1. The molecule has 2 amide bonds.